The van der Waals surface area contributed by atoms with Crippen molar-refractivity contribution in [2.45, 2.75) is 0 Å². The van der Waals surface area contributed by atoms with Crippen LogP contribution in [0.2, 0.25) is 0 Å². The van der Waals surface area contributed by atoms with Crippen LogP contribution in [0.25, 0.3) is 17.3 Å². The van der Waals surface area contributed by atoms with Crippen LogP contribution >= 0.6 is 0 Å². The largest absolute Gasteiger partial charge is 0.373 e. The number of likely N-dealkylation sites (N-methyl/N-ethyl adjacent to an activating group) is 2. The Kier molecular flexibility index (Phi) is 6.93. The van der Waals surface area contributed by atoms with Gasteiger partial charge < -0.3 is 9.80 Å². The third-order valence-electron chi connectivity index (χ3n) is 4.77. The van der Waals surface area contributed by atoms with Gasteiger partial charge in [-0.15, -0.1) is 0 Å². The third-order valence-corrected chi connectivity index (χ3v) is 4.77. The minimum atomic E-state index is 0.00120. The summed E-state index contributed by atoms with van der Waals surface area (Å²) in [6.07, 6.45) is 5.26. The molecule has 4 heteroatoms. The highest BCUT2D eigenvalue weighted by molar-refractivity contribution is 6.07. The van der Waals surface area contributed by atoms with Crippen LogP contribution in [0.3, 0.4) is 0 Å². The van der Waals surface area contributed by atoms with Crippen molar-refractivity contribution in [3.63, 3.8) is 0 Å². The number of hydrogen-bond donors (Lipinski definition) is 0. The number of anilines is 1. The predicted molar refractivity (Wildman–Crippen MR) is 121 cm³/mol. The number of pyridine rings is 1. The van der Waals surface area contributed by atoms with Crippen LogP contribution in [0.4, 0.5) is 5.69 Å². The van der Waals surface area contributed by atoms with Gasteiger partial charge in [0.1, 0.15) is 0 Å². The molecule has 0 aliphatic heterocycles. The summed E-state index contributed by atoms with van der Waals surface area (Å²) in [6, 6.07) is 21.7. The molecule has 0 amide bonds. The zero-order valence-electron chi connectivity index (χ0n) is 17.2. The molecule has 0 saturated heterocycles. The van der Waals surface area contributed by atoms with E-state index in [9.17, 15) is 4.79 Å². The molecule has 0 N–H and O–H groups in total. The minimum Gasteiger partial charge on any atom is -0.373 e. The molecule has 0 unspecified atom stereocenters. The van der Waals surface area contributed by atoms with Crippen molar-refractivity contribution in [2.75, 3.05) is 39.1 Å². The summed E-state index contributed by atoms with van der Waals surface area (Å²) >= 11 is 0. The van der Waals surface area contributed by atoms with Gasteiger partial charge in [0.05, 0.1) is 5.69 Å². The SMILES string of the molecule is CN(C)CCN(C)c1ccc(C(=O)/C=C/c2ccc(-c3ccccn3)cc2)cc1. The van der Waals surface area contributed by atoms with Crippen molar-refractivity contribution in [3.8, 4) is 11.3 Å². The van der Waals surface area contributed by atoms with E-state index in [-0.39, 0.29) is 5.78 Å². The topological polar surface area (TPSA) is 36.4 Å². The van der Waals surface area contributed by atoms with Gasteiger partial charge in [0, 0.05) is 43.1 Å². The average molecular weight is 386 g/mol. The molecule has 0 bridgehead atoms. The second kappa shape index (κ2) is 9.80. The Morgan fingerprint density at radius 2 is 1.62 bits per heavy atom. The van der Waals surface area contributed by atoms with E-state index in [0.29, 0.717) is 5.56 Å². The van der Waals surface area contributed by atoms with E-state index >= 15 is 0 Å². The van der Waals surface area contributed by atoms with E-state index in [1.54, 1.807) is 12.3 Å². The Balaban J connectivity index is 1.61. The normalized spacial score (nSPS) is 11.2. The smallest absolute Gasteiger partial charge is 0.185 e. The number of rotatable bonds is 8. The number of benzene rings is 2. The van der Waals surface area contributed by atoms with E-state index in [4.69, 9.17) is 0 Å². The zero-order valence-corrected chi connectivity index (χ0v) is 17.2. The molecule has 0 radical (unpaired) electrons. The molecule has 148 valence electrons. The maximum absolute atomic E-state index is 12.5. The quantitative estimate of drug-likeness (QED) is 0.418. The van der Waals surface area contributed by atoms with Gasteiger partial charge in [0.15, 0.2) is 5.78 Å². The van der Waals surface area contributed by atoms with Crippen LogP contribution in [-0.4, -0.2) is 49.9 Å². The molecule has 3 rings (SSSR count). The lowest BCUT2D eigenvalue weighted by Crippen LogP contribution is -2.28. The summed E-state index contributed by atoms with van der Waals surface area (Å²) in [4.78, 5) is 21.2. The van der Waals surface area contributed by atoms with Gasteiger partial charge in [-0.3, -0.25) is 9.78 Å². The van der Waals surface area contributed by atoms with E-state index in [0.717, 1.165) is 35.6 Å². The van der Waals surface area contributed by atoms with E-state index < -0.39 is 0 Å². The predicted octanol–water partition coefficient (Wildman–Crippen LogP) is 4.64. The summed E-state index contributed by atoms with van der Waals surface area (Å²) in [5, 5.41) is 0. The highest BCUT2D eigenvalue weighted by atomic mass is 16.1. The number of aromatic nitrogens is 1. The second-order valence-corrected chi connectivity index (χ2v) is 7.31. The first-order chi connectivity index (χ1) is 14.0. The molecule has 29 heavy (non-hydrogen) atoms. The van der Waals surface area contributed by atoms with Gasteiger partial charge >= 0.3 is 0 Å². The Bertz CT molecular complexity index is 946. The Morgan fingerprint density at radius 1 is 0.897 bits per heavy atom. The van der Waals surface area contributed by atoms with Crippen LogP contribution < -0.4 is 4.90 Å². The molecule has 0 saturated carbocycles. The van der Waals surface area contributed by atoms with E-state index in [1.807, 2.05) is 72.8 Å². The lowest BCUT2D eigenvalue weighted by Gasteiger charge is -2.21. The number of nitrogens with zero attached hydrogens (tertiary/aromatic N) is 3. The molecule has 2 aromatic carbocycles. The molecule has 3 aromatic rings. The zero-order chi connectivity index (χ0) is 20.6. The molecule has 0 aliphatic carbocycles. The van der Waals surface area contributed by atoms with Gasteiger partial charge in [0.2, 0.25) is 0 Å². The van der Waals surface area contributed by atoms with Gasteiger partial charge in [-0.05, 0) is 62.1 Å². The summed E-state index contributed by atoms with van der Waals surface area (Å²) in [6.45, 7) is 1.92. The van der Waals surface area contributed by atoms with Crippen LogP contribution in [0, 0.1) is 0 Å². The van der Waals surface area contributed by atoms with Gasteiger partial charge in [0.25, 0.3) is 0 Å². The molecule has 1 heterocycles. The minimum absolute atomic E-state index is 0.00120. The number of ketones is 1. The lowest BCUT2D eigenvalue weighted by atomic mass is 10.1. The molecule has 1 aromatic heterocycles. The van der Waals surface area contributed by atoms with Crippen molar-refractivity contribution < 1.29 is 4.79 Å². The van der Waals surface area contributed by atoms with Gasteiger partial charge in [-0.25, -0.2) is 0 Å². The van der Waals surface area contributed by atoms with Gasteiger partial charge in [-0.2, -0.15) is 0 Å². The summed E-state index contributed by atoms with van der Waals surface area (Å²) in [5.41, 5.74) is 4.78. The van der Waals surface area contributed by atoms with Crippen LogP contribution in [0.1, 0.15) is 15.9 Å². The van der Waals surface area contributed by atoms with Crippen LogP contribution in [0.5, 0.6) is 0 Å². The van der Waals surface area contributed by atoms with Crippen molar-refractivity contribution >= 4 is 17.5 Å². The first kappa shape index (κ1) is 20.5. The Morgan fingerprint density at radius 3 is 2.24 bits per heavy atom. The monoisotopic (exact) mass is 385 g/mol. The molecule has 0 spiro atoms. The Hall–Kier alpha value is -3.24. The Labute approximate surface area is 173 Å². The van der Waals surface area contributed by atoms with E-state index in [2.05, 4.69) is 35.9 Å². The lowest BCUT2D eigenvalue weighted by molar-refractivity contribution is 0.104. The molecule has 0 fully saturated rings. The number of hydrogen-bond acceptors (Lipinski definition) is 4. The summed E-state index contributed by atoms with van der Waals surface area (Å²) in [5.74, 6) is 0.00120. The number of carbonyl (C=O) groups excluding carboxylic acids is 1. The van der Waals surface area contributed by atoms with Crippen molar-refractivity contribution in [2.24, 2.45) is 0 Å². The average Bonchev–Trinajstić information content (AvgIpc) is 2.77. The fourth-order valence-corrected chi connectivity index (χ4v) is 2.93. The standard InChI is InChI=1S/C25H27N3O/c1-27(2)18-19-28(3)23-14-12-22(13-15-23)25(29)16-9-20-7-10-21(11-8-20)24-6-4-5-17-26-24/h4-17H,18-19H2,1-3H3/b16-9+. The van der Waals surface area contributed by atoms with Crippen LogP contribution in [-0.2, 0) is 0 Å². The highest BCUT2D eigenvalue weighted by Gasteiger charge is 2.05. The van der Waals surface area contributed by atoms with Crippen molar-refractivity contribution in [1.29, 1.82) is 0 Å². The van der Waals surface area contributed by atoms with Gasteiger partial charge in [-0.1, -0.05) is 36.4 Å². The van der Waals surface area contributed by atoms with Crippen molar-refractivity contribution in [1.82, 2.24) is 9.88 Å². The fourth-order valence-electron chi connectivity index (χ4n) is 2.93. The first-order valence-corrected chi connectivity index (χ1v) is 9.73. The number of allylic oxidation sites excluding steroid dienone is 1. The maximum atomic E-state index is 12.5. The second-order valence-electron chi connectivity index (χ2n) is 7.31. The molecular formula is C25H27N3O. The summed E-state index contributed by atoms with van der Waals surface area (Å²) in [7, 11) is 6.19. The molecule has 4 nitrogen and oxygen atoms in total. The summed E-state index contributed by atoms with van der Waals surface area (Å²) < 4.78 is 0. The van der Waals surface area contributed by atoms with Crippen molar-refractivity contribution in [3.05, 3.63) is 90.1 Å². The first-order valence-electron chi connectivity index (χ1n) is 9.73. The number of carbonyl (C=O) groups is 1. The molecule has 0 atom stereocenters. The molecule has 0 aliphatic rings. The van der Waals surface area contributed by atoms with E-state index in [1.165, 1.54) is 0 Å². The highest BCUT2D eigenvalue weighted by Crippen LogP contribution is 2.18. The maximum Gasteiger partial charge on any atom is 0.185 e. The fraction of sp³-hybridized carbons (Fsp3) is 0.200. The van der Waals surface area contributed by atoms with Crippen LogP contribution in [0.15, 0.2) is 79.0 Å². The molecular weight excluding hydrogens is 358 g/mol. The third kappa shape index (κ3) is 5.87.